The van der Waals surface area contributed by atoms with Crippen molar-refractivity contribution in [3.63, 3.8) is 0 Å². The van der Waals surface area contributed by atoms with Crippen molar-refractivity contribution in [3.05, 3.63) is 78.4 Å². The Morgan fingerprint density at radius 1 is 0.821 bits per heavy atom. The van der Waals surface area contributed by atoms with Crippen molar-refractivity contribution in [1.82, 2.24) is 5.32 Å². The minimum absolute atomic E-state index is 0.113. The number of hydrogen-bond acceptors (Lipinski definition) is 5. The van der Waals surface area contributed by atoms with E-state index in [0.29, 0.717) is 34.2 Å². The predicted molar refractivity (Wildman–Crippen MR) is 102 cm³/mol. The number of nitrogens with one attached hydrogen (secondary N) is 2. The Balaban J connectivity index is 1.38. The third kappa shape index (κ3) is 4.04. The molecule has 3 aromatic rings. The molecule has 0 aliphatic carbocycles. The third-order valence-corrected chi connectivity index (χ3v) is 3.93. The summed E-state index contributed by atoms with van der Waals surface area (Å²) in [7, 11) is 0. The zero-order valence-corrected chi connectivity index (χ0v) is 14.7. The maximum Gasteiger partial charge on any atom is 0.326 e. The molecule has 3 amide bonds. The fraction of sp³-hybridized carbons (Fsp3) is 0.0476. The van der Waals surface area contributed by atoms with Crippen LogP contribution in [0.25, 0.3) is 0 Å². The summed E-state index contributed by atoms with van der Waals surface area (Å²) < 4.78 is 16.2. The number of fused-ring (bicyclic) bond motifs is 1. The summed E-state index contributed by atoms with van der Waals surface area (Å²) in [6.07, 6.45) is 0. The number of urea groups is 1. The molecule has 0 fully saturated rings. The monoisotopic (exact) mass is 376 g/mol. The standard InChI is InChI=1S/C21H16N2O5/c24-20(14-9-10-18-19(11-14)27-13-26-18)23-21(25)22-15-5-4-8-17(12-15)28-16-6-2-1-3-7-16/h1-12H,13H2,(H2,22,23,24,25). The lowest BCUT2D eigenvalue weighted by Crippen LogP contribution is -2.34. The van der Waals surface area contributed by atoms with Crippen molar-refractivity contribution in [2.24, 2.45) is 0 Å². The Labute approximate surface area is 160 Å². The Morgan fingerprint density at radius 2 is 1.61 bits per heavy atom. The quantitative estimate of drug-likeness (QED) is 0.714. The van der Waals surface area contributed by atoms with Crippen LogP contribution in [0.4, 0.5) is 10.5 Å². The fourth-order valence-electron chi connectivity index (χ4n) is 2.64. The highest BCUT2D eigenvalue weighted by Gasteiger charge is 2.17. The average Bonchev–Trinajstić information content (AvgIpc) is 3.16. The van der Waals surface area contributed by atoms with Gasteiger partial charge in [0.15, 0.2) is 11.5 Å². The first-order valence-corrected chi connectivity index (χ1v) is 8.52. The molecule has 0 saturated heterocycles. The summed E-state index contributed by atoms with van der Waals surface area (Å²) in [6, 6.07) is 20.2. The van der Waals surface area contributed by atoms with Crippen LogP contribution in [0.15, 0.2) is 72.8 Å². The molecule has 1 heterocycles. The van der Waals surface area contributed by atoms with Crippen LogP contribution in [0.1, 0.15) is 10.4 Å². The van der Waals surface area contributed by atoms with E-state index >= 15 is 0 Å². The molecule has 0 aromatic heterocycles. The molecule has 0 radical (unpaired) electrons. The molecule has 0 spiro atoms. The maximum absolute atomic E-state index is 12.3. The number of carbonyl (C=O) groups excluding carboxylic acids is 2. The number of carbonyl (C=O) groups is 2. The SMILES string of the molecule is O=C(NC(=O)c1ccc2c(c1)OCO2)Nc1cccc(Oc2ccccc2)c1. The summed E-state index contributed by atoms with van der Waals surface area (Å²) >= 11 is 0. The summed E-state index contributed by atoms with van der Waals surface area (Å²) in [5.41, 5.74) is 0.782. The topological polar surface area (TPSA) is 85.9 Å². The second-order valence-corrected chi connectivity index (χ2v) is 5.92. The van der Waals surface area contributed by atoms with Crippen molar-refractivity contribution in [2.75, 3.05) is 12.1 Å². The lowest BCUT2D eigenvalue weighted by Gasteiger charge is -2.10. The van der Waals surface area contributed by atoms with E-state index in [0.717, 1.165) is 0 Å². The van der Waals surface area contributed by atoms with E-state index in [-0.39, 0.29) is 6.79 Å². The molecule has 7 nitrogen and oxygen atoms in total. The Bertz CT molecular complexity index is 1020. The Kier molecular flexibility index (Phi) is 4.79. The highest BCUT2D eigenvalue weighted by atomic mass is 16.7. The van der Waals surface area contributed by atoms with Gasteiger partial charge in [0.2, 0.25) is 6.79 Å². The van der Waals surface area contributed by atoms with E-state index in [1.807, 2.05) is 30.3 Å². The first-order chi connectivity index (χ1) is 13.7. The number of amides is 3. The van der Waals surface area contributed by atoms with Crippen LogP contribution >= 0.6 is 0 Å². The van der Waals surface area contributed by atoms with Gasteiger partial charge in [0.1, 0.15) is 11.5 Å². The van der Waals surface area contributed by atoms with Crippen LogP contribution in [-0.4, -0.2) is 18.7 Å². The number of imide groups is 1. The Morgan fingerprint density at radius 3 is 2.46 bits per heavy atom. The molecule has 140 valence electrons. The average molecular weight is 376 g/mol. The van der Waals surface area contributed by atoms with Crippen LogP contribution in [0.2, 0.25) is 0 Å². The van der Waals surface area contributed by atoms with Gasteiger partial charge in [0, 0.05) is 17.3 Å². The van der Waals surface area contributed by atoms with Gasteiger partial charge in [-0.1, -0.05) is 24.3 Å². The number of rotatable bonds is 4. The predicted octanol–water partition coefficient (Wildman–Crippen LogP) is 4.17. The molecule has 0 bridgehead atoms. The molecule has 2 N–H and O–H groups in total. The van der Waals surface area contributed by atoms with Crippen molar-refractivity contribution in [2.45, 2.75) is 0 Å². The lowest BCUT2D eigenvalue weighted by atomic mass is 10.2. The Hall–Kier alpha value is -4.00. The molecule has 0 atom stereocenters. The summed E-state index contributed by atoms with van der Waals surface area (Å²) in [5.74, 6) is 1.73. The van der Waals surface area contributed by atoms with Gasteiger partial charge in [-0.05, 0) is 42.5 Å². The maximum atomic E-state index is 12.3. The fourth-order valence-corrected chi connectivity index (χ4v) is 2.64. The van der Waals surface area contributed by atoms with E-state index in [9.17, 15) is 9.59 Å². The molecular formula is C21H16N2O5. The second-order valence-electron chi connectivity index (χ2n) is 5.92. The lowest BCUT2D eigenvalue weighted by molar-refractivity contribution is 0.0966. The largest absolute Gasteiger partial charge is 0.457 e. The highest BCUT2D eigenvalue weighted by molar-refractivity contribution is 6.08. The number of para-hydroxylation sites is 1. The molecule has 28 heavy (non-hydrogen) atoms. The summed E-state index contributed by atoms with van der Waals surface area (Å²) in [5, 5.41) is 4.89. The molecular weight excluding hydrogens is 360 g/mol. The number of ether oxygens (including phenoxy) is 3. The first-order valence-electron chi connectivity index (χ1n) is 8.52. The van der Waals surface area contributed by atoms with Crippen LogP contribution in [-0.2, 0) is 0 Å². The molecule has 1 aliphatic heterocycles. The smallest absolute Gasteiger partial charge is 0.326 e. The highest BCUT2D eigenvalue weighted by Crippen LogP contribution is 2.32. The van der Waals surface area contributed by atoms with Crippen molar-refractivity contribution >= 4 is 17.6 Å². The molecule has 0 saturated carbocycles. The van der Waals surface area contributed by atoms with Gasteiger partial charge >= 0.3 is 6.03 Å². The van der Waals surface area contributed by atoms with E-state index in [1.54, 1.807) is 36.4 Å². The molecule has 4 rings (SSSR count). The number of anilines is 1. The number of benzene rings is 3. The van der Waals surface area contributed by atoms with Crippen LogP contribution < -0.4 is 24.8 Å². The van der Waals surface area contributed by atoms with Crippen molar-refractivity contribution in [3.8, 4) is 23.0 Å². The minimum Gasteiger partial charge on any atom is -0.457 e. The third-order valence-electron chi connectivity index (χ3n) is 3.93. The van der Waals surface area contributed by atoms with Gasteiger partial charge in [-0.25, -0.2) is 4.79 Å². The van der Waals surface area contributed by atoms with Gasteiger partial charge in [-0.3, -0.25) is 10.1 Å². The van der Waals surface area contributed by atoms with Crippen LogP contribution in [0.5, 0.6) is 23.0 Å². The van der Waals surface area contributed by atoms with Crippen molar-refractivity contribution in [1.29, 1.82) is 0 Å². The van der Waals surface area contributed by atoms with Gasteiger partial charge in [-0.15, -0.1) is 0 Å². The van der Waals surface area contributed by atoms with Crippen LogP contribution in [0, 0.1) is 0 Å². The van der Waals surface area contributed by atoms with Gasteiger partial charge < -0.3 is 19.5 Å². The van der Waals surface area contributed by atoms with Crippen molar-refractivity contribution < 1.29 is 23.8 Å². The first kappa shape index (κ1) is 17.4. The molecule has 7 heteroatoms. The minimum atomic E-state index is -0.653. The van der Waals surface area contributed by atoms with Gasteiger partial charge in [-0.2, -0.15) is 0 Å². The van der Waals surface area contributed by atoms with E-state index in [1.165, 1.54) is 6.07 Å². The zero-order valence-electron chi connectivity index (χ0n) is 14.7. The van der Waals surface area contributed by atoms with E-state index in [4.69, 9.17) is 14.2 Å². The summed E-state index contributed by atoms with van der Waals surface area (Å²) in [4.78, 5) is 24.4. The van der Waals surface area contributed by atoms with E-state index in [2.05, 4.69) is 10.6 Å². The van der Waals surface area contributed by atoms with Gasteiger partial charge in [0.05, 0.1) is 0 Å². The zero-order chi connectivity index (χ0) is 19.3. The molecule has 1 aliphatic rings. The van der Waals surface area contributed by atoms with E-state index < -0.39 is 11.9 Å². The normalized spacial score (nSPS) is 11.6. The summed E-state index contributed by atoms with van der Waals surface area (Å²) in [6.45, 7) is 0.113. The second kappa shape index (κ2) is 7.71. The molecule has 3 aromatic carbocycles. The van der Waals surface area contributed by atoms with Gasteiger partial charge in [0.25, 0.3) is 5.91 Å². The number of hydrogen-bond donors (Lipinski definition) is 2. The molecule has 0 unspecified atom stereocenters. The van der Waals surface area contributed by atoms with Crippen LogP contribution in [0.3, 0.4) is 0 Å².